The summed E-state index contributed by atoms with van der Waals surface area (Å²) in [6.45, 7) is 18.3. The fourth-order valence-electron chi connectivity index (χ4n) is 5.74. The number of nitrogens with zero attached hydrogens (tertiary/aromatic N) is 1. The van der Waals surface area contributed by atoms with Gasteiger partial charge in [0.25, 0.3) is 0 Å². The molecular weight excluding hydrogens is 657 g/mol. The summed E-state index contributed by atoms with van der Waals surface area (Å²) in [5, 5.41) is 0. The summed E-state index contributed by atoms with van der Waals surface area (Å²) in [5.41, 5.74) is 2.95. The SMILES string of the molecule is CN(C)Cc1cccc[c]1[Bi]1[C](B2OC(C)(C)C(C)(C)O2)=C2CCCCC2=[C]1B1OC(C)(C)C(C)(C)O1. The van der Waals surface area contributed by atoms with Crippen LogP contribution in [0.3, 0.4) is 0 Å². The molecule has 3 heterocycles. The minimum absolute atomic E-state index is 0.307. The molecule has 3 aliphatic heterocycles. The van der Waals surface area contributed by atoms with Crippen LogP contribution in [0.1, 0.15) is 86.6 Å². The molecule has 1 aliphatic carbocycles. The Hall–Kier alpha value is -0.487. The molecule has 0 unspecified atom stereocenters. The van der Waals surface area contributed by atoms with Crippen molar-refractivity contribution in [2.75, 3.05) is 14.1 Å². The molecule has 8 heteroatoms. The summed E-state index contributed by atoms with van der Waals surface area (Å²) in [4.78, 5) is 2.27. The van der Waals surface area contributed by atoms with Crippen LogP contribution in [0.2, 0.25) is 0 Å². The summed E-state index contributed by atoms with van der Waals surface area (Å²) < 4.78 is 31.7. The van der Waals surface area contributed by atoms with Gasteiger partial charge < -0.3 is 0 Å². The molecule has 3 fully saturated rings. The van der Waals surface area contributed by atoms with Crippen molar-refractivity contribution in [3.05, 3.63) is 47.3 Å². The van der Waals surface area contributed by atoms with Gasteiger partial charge in [0.1, 0.15) is 0 Å². The molecule has 37 heavy (non-hydrogen) atoms. The Labute approximate surface area is 233 Å². The molecular formula is C29H44B2BiNO4. The first-order valence-electron chi connectivity index (χ1n) is 13.9. The summed E-state index contributed by atoms with van der Waals surface area (Å²) in [6.07, 6.45) is 4.63. The Morgan fingerprint density at radius 2 is 1.11 bits per heavy atom. The molecule has 0 radical (unpaired) electrons. The quantitative estimate of drug-likeness (QED) is 0.406. The second-order valence-corrected chi connectivity index (χ2v) is 21.5. The van der Waals surface area contributed by atoms with Gasteiger partial charge in [-0.05, 0) is 0 Å². The Kier molecular flexibility index (Phi) is 7.25. The molecule has 0 aromatic heterocycles. The first-order valence-corrected chi connectivity index (χ1v) is 19.1. The predicted molar refractivity (Wildman–Crippen MR) is 154 cm³/mol. The van der Waals surface area contributed by atoms with Crippen molar-refractivity contribution in [3.63, 3.8) is 0 Å². The average molecular weight is 701 g/mol. The van der Waals surface area contributed by atoms with Crippen LogP contribution < -0.4 is 3.27 Å². The van der Waals surface area contributed by atoms with E-state index in [9.17, 15) is 0 Å². The van der Waals surface area contributed by atoms with Gasteiger partial charge in [-0.2, -0.15) is 0 Å². The average Bonchev–Trinajstić information content (AvgIpc) is 3.30. The number of allylic oxidation sites excluding steroid dienone is 2. The third-order valence-electron chi connectivity index (χ3n) is 9.24. The first kappa shape index (κ1) is 28.1. The van der Waals surface area contributed by atoms with Gasteiger partial charge in [0.2, 0.25) is 0 Å². The van der Waals surface area contributed by atoms with E-state index in [1.165, 1.54) is 39.2 Å². The summed E-state index contributed by atoms with van der Waals surface area (Å²) >= 11 is -2.91. The molecule has 4 aliphatic rings. The zero-order valence-corrected chi connectivity index (χ0v) is 28.0. The Morgan fingerprint density at radius 1 is 0.703 bits per heavy atom. The molecule has 1 saturated carbocycles. The summed E-state index contributed by atoms with van der Waals surface area (Å²) in [5.74, 6) is 0. The standard InChI is InChI=1S/C20H32B2O4.C9H12N.Bi/c1-17(2)18(3,4)24-21(23-17)13-15-11-9-10-12-16(15)14-22-25-19(5,6)20(7,8)26-22;1-10(2)8-9-6-4-3-5-7-9;/h9-12H2,1-8H3;3-6H,8H2,1-2H3;. The van der Waals surface area contributed by atoms with Gasteiger partial charge in [-0.15, -0.1) is 0 Å². The third kappa shape index (κ3) is 4.76. The third-order valence-corrected chi connectivity index (χ3v) is 20.3. The van der Waals surface area contributed by atoms with Gasteiger partial charge in [0, 0.05) is 0 Å². The van der Waals surface area contributed by atoms with E-state index < -0.39 is 21.8 Å². The summed E-state index contributed by atoms with van der Waals surface area (Å²) in [7, 11) is 3.69. The number of fused-ring (bicyclic) bond motifs is 1. The molecule has 0 atom stereocenters. The molecule has 1 aromatic carbocycles. The van der Waals surface area contributed by atoms with Crippen LogP contribution in [0.15, 0.2) is 41.8 Å². The van der Waals surface area contributed by atoms with Gasteiger partial charge in [-0.25, -0.2) is 0 Å². The van der Waals surface area contributed by atoms with Crippen molar-refractivity contribution in [1.82, 2.24) is 4.90 Å². The number of hydrogen-bond acceptors (Lipinski definition) is 5. The fraction of sp³-hybridized carbons (Fsp3) is 0.655. The second-order valence-electron chi connectivity index (χ2n) is 13.3. The van der Waals surface area contributed by atoms with E-state index in [1.54, 1.807) is 0 Å². The van der Waals surface area contributed by atoms with E-state index in [-0.39, 0.29) is 36.6 Å². The monoisotopic (exact) mass is 701 g/mol. The van der Waals surface area contributed by atoms with Gasteiger partial charge in [0.15, 0.2) is 0 Å². The van der Waals surface area contributed by atoms with Crippen LogP contribution in [0.5, 0.6) is 0 Å². The molecule has 0 amide bonds. The predicted octanol–water partition coefficient (Wildman–Crippen LogP) is 4.97. The minimum atomic E-state index is -2.91. The van der Waals surface area contributed by atoms with Crippen LogP contribution >= 0.6 is 0 Å². The van der Waals surface area contributed by atoms with Crippen LogP contribution in [0.4, 0.5) is 0 Å². The van der Waals surface area contributed by atoms with Crippen molar-refractivity contribution < 1.29 is 18.6 Å². The number of rotatable bonds is 5. The van der Waals surface area contributed by atoms with Crippen molar-refractivity contribution in [2.45, 2.75) is 110 Å². The van der Waals surface area contributed by atoms with E-state index in [2.05, 4.69) is 98.7 Å². The Balaban J connectivity index is 1.69. The fourth-order valence-corrected chi connectivity index (χ4v) is 17.8. The summed E-state index contributed by atoms with van der Waals surface area (Å²) in [6, 6.07) is 9.08. The molecule has 0 spiro atoms. The first-order chi connectivity index (χ1) is 17.2. The number of benzene rings is 1. The van der Waals surface area contributed by atoms with Crippen molar-refractivity contribution in [2.24, 2.45) is 0 Å². The van der Waals surface area contributed by atoms with Crippen LogP contribution in [0.25, 0.3) is 0 Å². The zero-order valence-electron chi connectivity index (χ0n) is 24.5. The van der Waals surface area contributed by atoms with Crippen LogP contribution in [0, 0.1) is 0 Å². The molecule has 0 N–H and O–H groups in total. The maximum absolute atomic E-state index is 6.81. The van der Waals surface area contributed by atoms with Crippen molar-refractivity contribution in [1.29, 1.82) is 0 Å². The topological polar surface area (TPSA) is 40.2 Å². The molecule has 5 rings (SSSR count). The molecule has 5 nitrogen and oxygen atoms in total. The van der Waals surface area contributed by atoms with Crippen LogP contribution in [-0.4, -0.2) is 77.4 Å². The van der Waals surface area contributed by atoms with Gasteiger partial charge in [0.05, 0.1) is 0 Å². The Morgan fingerprint density at radius 3 is 1.51 bits per heavy atom. The van der Waals surface area contributed by atoms with Crippen molar-refractivity contribution in [3.8, 4) is 0 Å². The van der Waals surface area contributed by atoms with Gasteiger partial charge in [-0.3, -0.25) is 0 Å². The second kappa shape index (κ2) is 9.56. The maximum atomic E-state index is 6.81. The molecule has 0 bridgehead atoms. The van der Waals surface area contributed by atoms with E-state index in [4.69, 9.17) is 18.6 Å². The molecule has 2 saturated heterocycles. The molecule has 200 valence electrons. The van der Waals surface area contributed by atoms with E-state index >= 15 is 0 Å². The van der Waals surface area contributed by atoms with Gasteiger partial charge >= 0.3 is 234 Å². The van der Waals surface area contributed by atoms with E-state index in [0.717, 1.165) is 19.4 Å². The van der Waals surface area contributed by atoms with E-state index in [0.29, 0.717) is 0 Å². The molecule has 1 aromatic rings. The van der Waals surface area contributed by atoms with Crippen molar-refractivity contribution >= 4 is 39.3 Å². The normalized spacial score (nSPS) is 26.6. The van der Waals surface area contributed by atoms with E-state index in [1.807, 2.05) is 0 Å². The van der Waals surface area contributed by atoms with Crippen LogP contribution in [-0.2, 0) is 25.2 Å². The zero-order chi connectivity index (χ0) is 27.0. The Bertz CT molecular complexity index is 1050. The number of hydrogen-bond donors (Lipinski definition) is 0. The van der Waals surface area contributed by atoms with Gasteiger partial charge in [-0.1, -0.05) is 0 Å².